The average molecular weight is 261 g/mol. The number of aryl methyl sites for hydroxylation is 1. The molecule has 0 saturated carbocycles. The number of amides is 1. The molecule has 0 spiro atoms. The minimum atomic E-state index is -0.333. The number of para-hydroxylation sites is 1. The van der Waals surface area contributed by atoms with Crippen molar-refractivity contribution in [3.05, 3.63) is 30.0 Å². The summed E-state index contributed by atoms with van der Waals surface area (Å²) >= 11 is 0. The van der Waals surface area contributed by atoms with E-state index < -0.39 is 0 Å². The lowest BCUT2D eigenvalue weighted by atomic mass is 9.95. The fourth-order valence-corrected chi connectivity index (χ4v) is 1.84. The Morgan fingerprint density at radius 1 is 1.42 bits per heavy atom. The smallest absolute Gasteiger partial charge is 0.272 e. The Bertz CT molecular complexity index is 602. The standard InChI is InChI=1S/C14H19N3O2/c1-14(2,9-18)8-15-13(19)12-10-6-4-5-7-11(10)17(3)16-12/h4-7,18H,8-9H2,1-3H3,(H,15,19). The van der Waals surface area contributed by atoms with Crippen LogP contribution in [0.1, 0.15) is 24.3 Å². The molecule has 0 aliphatic heterocycles. The predicted octanol–water partition coefficient (Wildman–Crippen LogP) is 1.32. The van der Waals surface area contributed by atoms with Gasteiger partial charge in [0.2, 0.25) is 0 Å². The third-order valence-corrected chi connectivity index (χ3v) is 3.13. The summed E-state index contributed by atoms with van der Waals surface area (Å²) in [5.41, 5.74) is 1.01. The van der Waals surface area contributed by atoms with Gasteiger partial charge < -0.3 is 10.4 Å². The largest absolute Gasteiger partial charge is 0.396 e. The van der Waals surface area contributed by atoms with E-state index in [-0.39, 0.29) is 17.9 Å². The Labute approximate surface area is 112 Å². The molecule has 1 aromatic carbocycles. The number of carbonyl (C=O) groups excluding carboxylic acids is 1. The second-order valence-corrected chi connectivity index (χ2v) is 5.49. The third-order valence-electron chi connectivity index (χ3n) is 3.13. The Morgan fingerprint density at radius 2 is 2.11 bits per heavy atom. The molecule has 1 amide bonds. The van der Waals surface area contributed by atoms with E-state index in [1.807, 2.05) is 45.2 Å². The zero-order valence-corrected chi connectivity index (χ0v) is 11.5. The van der Waals surface area contributed by atoms with Crippen LogP contribution in [0.25, 0.3) is 10.9 Å². The molecule has 2 rings (SSSR count). The molecule has 0 atom stereocenters. The molecule has 102 valence electrons. The molecule has 1 aromatic heterocycles. The summed E-state index contributed by atoms with van der Waals surface area (Å²) in [7, 11) is 1.82. The van der Waals surface area contributed by atoms with Gasteiger partial charge >= 0.3 is 0 Å². The van der Waals surface area contributed by atoms with Crippen LogP contribution in [0.2, 0.25) is 0 Å². The van der Waals surface area contributed by atoms with Gasteiger partial charge in [-0.3, -0.25) is 9.48 Å². The summed E-state index contributed by atoms with van der Waals surface area (Å²) in [4.78, 5) is 12.2. The lowest BCUT2D eigenvalue weighted by Crippen LogP contribution is -2.36. The molecule has 0 aliphatic rings. The lowest BCUT2D eigenvalue weighted by Gasteiger charge is -2.21. The van der Waals surface area contributed by atoms with Crippen LogP contribution < -0.4 is 5.32 Å². The number of benzene rings is 1. The molecule has 5 nitrogen and oxygen atoms in total. The minimum Gasteiger partial charge on any atom is -0.396 e. The van der Waals surface area contributed by atoms with E-state index in [0.717, 1.165) is 10.9 Å². The molecule has 2 N–H and O–H groups in total. The Balaban J connectivity index is 2.23. The number of aromatic nitrogens is 2. The first-order valence-corrected chi connectivity index (χ1v) is 6.25. The number of aliphatic hydroxyl groups is 1. The Kier molecular flexibility index (Phi) is 3.57. The summed E-state index contributed by atoms with van der Waals surface area (Å²) in [6.45, 7) is 4.22. The second kappa shape index (κ2) is 5.01. The Morgan fingerprint density at radius 3 is 2.79 bits per heavy atom. The normalized spacial score (nSPS) is 11.8. The van der Waals surface area contributed by atoms with Gasteiger partial charge in [-0.1, -0.05) is 32.0 Å². The van der Waals surface area contributed by atoms with Crippen molar-refractivity contribution in [3.8, 4) is 0 Å². The van der Waals surface area contributed by atoms with Crippen LogP contribution in [-0.2, 0) is 7.05 Å². The molecule has 0 unspecified atom stereocenters. The highest BCUT2D eigenvalue weighted by molar-refractivity contribution is 6.04. The lowest BCUT2D eigenvalue weighted by molar-refractivity contribution is 0.0907. The van der Waals surface area contributed by atoms with Crippen molar-refractivity contribution in [1.82, 2.24) is 15.1 Å². The van der Waals surface area contributed by atoms with Crippen molar-refractivity contribution in [2.24, 2.45) is 12.5 Å². The fourth-order valence-electron chi connectivity index (χ4n) is 1.84. The maximum absolute atomic E-state index is 12.2. The maximum atomic E-state index is 12.2. The number of hydrogen-bond acceptors (Lipinski definition) is 3. The number of nitrogens with zero attached hydrogens (tertiary/aromatic N) is 2. The first-order chi connectivity index (χ1) is 8.94. The summed E-state index contributed by atoms with van der Waals surface area (Å²) in [5, 5.41) is 17.1. The van der Waals surface area contributed by atoms with Gasteiger partial charge in [0.25, 0.3) is 5.91 Å². The van der Waals surface area contributed by atoms with Gasteiger partial charge in [0.1, 0.15) is 0 Å². The zero-order chi connectivity index (χ0) is 14.0. The van der Waals surface area contributed by atoms with Crippen LogP contribution in [0.15, 0.2) is 24.3 Å². The van der Waals surface area contributed by atoms with Crippen LogP contribution >= 0.6 is 0 Å². The number of aliphatic hydroxyl groups excluding tert-OH is 1. The average Bonchev–Trinajstić information content (AvgIpc) is 2.74. The predicted molar refractivity (Wildman–Crippen MR) is 73.9 cm³/mol. The number of fused-ring (bicyclic) bond motifs is 1. The highest BCUT2D eigenvalue weighted by Crippen LogP contribution is 2.18. The first-order valence-electron chi connectivity index (χ1n) is 6.25. The van der Waals surface area contributed by atoms with Gasteiger partial charge in [-0.25, -0.2) is 0 Å². The SMILES string of the molecule is Cn1nc(C(=O)NCC(C)(C)CO)c2ccccc21. The van der Waals surface area contributed by atoms with Gasteiger partial charge in [0, 0.05) is 31.0 Å². The van der Waals surface area contributed by atoms with Crippen molar-refractivity contribution in [2.75, 3.05) is 13.2 Å². The molecular formula is C14H19N3O2. The van der Waals surface area contributed by atoms with Gasteiger partial charge in [0.05, 0.1) is 5.52 Å². The highest BCUT2D eigenvalue weighted by atomic mass is 16.3. The molecule has 0 radical (unpaired) electrons. The van der Waals surface area contributed by atoms with E-state index >= 15 is 0 Å². The van der Waals surface area contributed by atoms with Crippen LogP contribution in [-0.4, -0.2) is 33.9 Å². The van der Waals surface area contributed by atoms with Gasteiger partial charge in [-0.2, -0.15) is 5.10 Å². The third kappa shape index (κ3) is 2.76. The first kappa shape index (κ1) is 13.5. The molecule has 0 saturated heterocycles. The zero-order valence-electron chi connectivity index (χ0n) is 11.5. The molecule has 0 aliphatic carbocycles. The van der Waals surface area contributed by atoms with Crippen molar-refractivity contribution in [2.45, 2.75) is 13.8 Å². The highest BCUT2D eigenvalue weighted by Gasteiger charge is 2.20. The molecule has 5 heteroatoms. The van der Waals surface area contributed by atoms with Crippen molar-refractivity contribution in [1.29, 1.82) is 0 Å². The fraction of sp³-hybridized carbons (Fsp3) is 0.429. The van der Waals surface area contributed by atoms with Gasteiger partial charge in [-0.05, 0) is 6.07 Å². The maximum Gasteiger partial charge on any atom is 0.272 e. The summed E-state index contributed by atoms with van der Waals surface area (Å²) < 4.78 is 1.70. The molecule has 1 heterocycles. The van der Waals surface area contributed by atoms with Crippen molar-refractivity contribution < 1.29 is 9.90 Å². The number of hydrogen-bond donors (Lipinski definition) is 2. The Hall–Kier alpha value is -1.88. The van der Waals surface area contributed by atoms with E-state index in [2.05, 4.69) is 10.4 Å². The topological polar surface area (TPSA) is 67.2 Å². The van der Waals surface area contributed by atoms with Crippen molar-refractivity contribution >= 4 is 16.8 Å². The quantitative estimate of drug-likeness (QED) is 0.872. The van der Waals surface area contributed by atoms with E-state index in [1.165, 1.54) is 0 Å². The van der Waals surface area contributed by atoms with Crippen LogP contribution in [0.3, 0.4) is 0 Å². The van der Waals surface area contributed by atoms with E-state index in [4.69, 9.17) is 0 Å². The second-order valence-electron chi connectivity index (χ2n) is 5.49. The van der Waals surface area contributed by atoms with Gasteiger partial charge in [0.15, 0.2) is 5.69 Å². The van der Waals surface area contributed by atoms with Crippen LogP contribution in [0.5, 0.6) is 0 Å². The van der Waals surface area contributed by atoms with E-state index in [0.29, 0.717) is 12.2 Å². The number of rotatable bonds is 4. The molecule has 2 aromatic rings. The van der Waals surface area contributed by atoms with Crippen LogP contribution in [0, 0.1) is 5.41 Å². The number of carbonyl (C=O) groups is 1. The van der Waals surface area contributed by atoms with Gasteiger partial charge in [-0.15, -0.1) is 0 Å². The summed E-state index contributed by atoms with van der Waals surface area (Å²) in [6.07, 6.45) is 0. The molecule has 0 fully saturated rings. The summed E-state index contributed by atoms with van der Waals surface area (Å²) in [6, 6.07) is 7.62. The van der Waals surface area contributed by atoms with Crippen molar-refractivity contribution in [3.63, 3.8) is 0 Å². The minimum absolute atomic E-state index is 0.0241. The molecular weight excluding hydrogens is 242 g/mol. The van der Waals surface area contributed by atoms with E-state index in [1.54, 1.807) is 4.68 Å². The molecule has 19 heavy (non-hydrogen) atoms. The monoisotopic (exact) mass is 261 g/mol. The summed E-state index contributed by atoms with van der Waals surface area (Å²) in [5.74, 6) is -0.210. The number of nitrogens with one attached hydrogen (secondary N) is 1. The van der Waals surface area contributed by atoms with Crippen LogP contribution in [0.4, 0.5) is 0 Å². The van der Waals surface area contributed by atoms with E-state index in [9.17, 15) is 9.90 Å². The molecule has 0 bridgehead atoms.